The van der Waals surface area contributed by atoms with Crippen LogP contribution in [0.5, 0.6) is 0 Å². The van der Waals surface area contributed by atoms with Crippen LogP contribution in [0.15, 0.2) is 12.7 Å². The summed E-state index contributed by atoms with van der Waals surface area (Å²) in [5, 5.41) is 2.67. The molecule has 0 aliphatic heterocycles. The van der Waals surface area contributed by atoms with Gasteiger partial charge in [-0.05, 0) is 20.9 Å². The highest BCUT2D eigenvalue weighted by molar-refractivity contribution is 5.82. The zero-order chi connectivity index (χ0) is 12.6. The maximum absolute atomic E-state index is 11.5. The van der Waals surface area contributed by atoms with Gasteiger partial charge in [0.05, 0.1) is 19.2 Å². The summed E-state index contributed by atoms with van der Waals surface area (Å²) < 4.78 is 4.80. The highest BCUT2D eigenvalue weighted by Crippen LogP contribution is 1.96. The fraction of sp³-hybridized carbons (Fsp3) is 0.636. The minimum Gasteiger partial charge on any atom is -0.465 e. The van der Waals surface area contributed by atoms with Gasteiger partial charge in [-0.1, -0.05) is 6.08 Å². The Morgan fingerprint density at radius 1 is 1.56 bits per heavy atom. The maximum Gasteiger partial charge on any atom is 0.320 e. The van der Waals surface area contributed by atoms with Crippen LogP contribution in [0.25, 0.3) is 0 Å². The minimum atomic E-state index is -0.371. The van der Waals surface area contributed by atoms with Crippen LogP contribution in [0.4, 0.5) is 0 Å². The molecule has 92 valence electrons. The Morgan fingerprint density at radius 2 is 2.19 bits per heavy atom. The number of rotatable bonds is 7. The Kier molecular flexibility index (Phi) is 7.20. The number of amides is 1. The van der Waals surface area contributed by atoms with Crippen LogP contribution in [0, 0.1) is 0 Å². The molecular weight excluding hydrogens is 208 g/mol. The normalized spacial score (nSPS) is 12.0. The van der Waals surface area contributed by atoms with Crippen LogP contribution in [0.2, 0.25) is 0 Å². The van der Waals surface area contributed by atoms with E-state index >= 15 is 0 Å². The molecule has 0 aliphatic carbocycles. The molecule has 1 amide bonds. The summed E-state index contributed by atoms with van der Waals surface area (Å²) in [6.07, 6.45) is 1.61. The predicted molar refractivity (Wildman–Crippen MR) is 61.9 cm³/mol. The lowest BCUT2D eigenvalue weighted by atomic mass is 10.2. The second kappa shape index (κ2) is 7.87. The lowest BCUT2D eigenvalue weighted by Crippen LogP contribution is -2.45. The van der Waals surface area contributed by atoms with Crippen molar-refractivity contribution in [2.75, 3.05) is 26.7 Å². The number of carbonyl (C=O) groups excluding carboxylic acids is 2. The number of nitrogens with zero attached hydrogens (tertiary/aromatic N) is 1. The van der Waals surface area contributed by atoms with Gasteiger partial charge in [-0.3, -0.25) is 14.5 Å². The smallest absolute Gasteiger partial charge is 0.320 e. The molecular formula is C11H20N2O3. The van der Waals surface area contributed by atoms with Crippen molar-refractivity contribution in [3.8, 4) is 0 Å². The Morgan fingerprint density at radius 3 is 2.69 bits per heavy atom. The Hall–Kier alpha value is -1.36. The molecule has 0 aromatic heterocycles. The van der Waals surface area contributed by atoms with Crippen molar-refractivity contribution < 1.29 is 14.3 Å². The zero-order valence-corrected chi connectivity index (χ0v) is 10.2. The molecule has 0 rings (SSSR count). The molecule has 0 aliphatic rings. The van der Waals surface area contributed by atoms with Gasteiger partial charge in [0, 0.05) is 6.54 Å². The van der Waals surface area contributed by atoms with Gasteiger partial charge in [-0.2, -0.15) is 0 Å². The monoisotopic (exact) mass is 228 g/mol. The fourth-order valence-electron chi connectivity index (χ4n) is 1.07. The standard InChI is InChI=1S/C11H20N2O3/c1-5-7-12-11(15)9(3)13(4)8-10(14)16-6-2/h5,9H,1,6-8H2,2-4H3,(H,12,15). The third-order valence-electron chi connectivity index (χ3n) is 2.15. The first-order valence-electron chi connectivity index (χ1n) is 5.27. The number of nitrogens with one attached hydrogen (secondary N) is 1. The number of hydrogen-bond donors (Lipinski definition) is 1. The van der Waals surface area contributed by atoms with E-state index in [0.717, 1.165) is 0 Å². The van der Waals surface area contributed by atoms with Gasteiger partial charge in [-0.15, -0.1) is 6.58 Å². The average Bonchev–Trinajstić information content (AvgIpc) is 2.24. The molecule has 5 heteroatoms. The first kappa shape index (κ1) is 14.6. The number of likely N-dealkylation sites (N-methyl/N-ethyl adjacent to an activating group) is 1. The second-order valence-electron chi connectivity index (χ2n) is 3.43. The van der Waals surface area contributed by atoms with Gasteiger partial charge >= 0.3 is 5.97 Å². The van der Waals surface area contributed by atoms with Crippen LogP contribution < -0.4 is 5.32 Å². The highest BCUT2D eigenvalue weighted by atomic mass is 16.5. The quantitative estimate of drug-likeness (QED) is 0.498. The molecule has 0 radical (unpaired) electrons. The number of carbonyl (C=O) groups is 2. The summed E-state index contributed by atoms with van der Waals surface area (Å²) >= 11 is 0. The predicted octanol–water partition coefficient (Wildman–Crippen LogP) is 0.172. The highest BCUT2D eigenvalue weighted by Gasteiger charge is 2.19. The van der Waals surface area contributed by atoms with E-state index in [0.29, 0.717) is 13.2 Å². The lowest BCUT2D eigenvalue weighted by molar-refractivity contribution is -0.145. The van der Waals surface area contributed by atoms with Crippen LogP contribution >= 0.6 is 0 Å². The molecule has 5 nitrogen and oxygen atoms in total. The van der Waals surface area contributed by atoms with E-state index < -0.39 is 0 Å². The van der Waals surface area contributed by atoms with Crippen LogP contribution in [0.3, 0.4) is 0 Å². The average molecular weight is 228 g/mol. The fourth-order valence-corrected chi connectivity index (χ4v) is 1.07. The summed E-state index contributed by atoms with van der Waals surface area (Å²) in [5.41, 5.74) is 0. The molecule has 0 saturated carbocycles. The van der Waals surface area contributed by atoms with Crippen molar-refractivity contribution in [1.29, 1.82) is 0 Å². The minimum absolute atomic E-state index is 0.108. The molecule has 16 heavy (non-hydrogen) atoms. The molecule has 0 aromatic rings. The SMILES string of the molecule is C=CCNC(=O)C(C)N(C)CC(=O)OCC. The molecule has 1 N–H and O–H groups in total. The van der Waals surface area contributed by atoms with Gasteiger partial charge in [0.1, 0.15) is 0 Å². The third-order valence-corrected chi connectivity index (χ3v) is 2.15. The van der Waals surface area contributed by atoms with Gasteiger partial charge < -0.3 is 10.1 Å². The van der Waals surface area contributed by atoms with E-state index in [4.69, 9.17) is 4.74 Å². The third kappa shape index (κ3) is 5.50. The van der Waals surface area contributed by atoms with Gasteiger partial charge in [0.15, 0.2) is 0 Å². The van der Waals surface area contributed by atoms with E-state index in [1.807, 2.05) is 0 Å². The van der Waals surface area contributed by atoms with Crippen molar-refractivity contribution in [1.82, 2.24) is 10.2 Å². The molecule has 0 saturated heterocycles. The summed E-state index contributed by atoms with van der Waals surface area (Å²) in [4.78, 5) is 24.3. The van der Waals surface area contributed by atoms with E-state index in [2.05, 4.69) is 11.9 Å². The van der Waals surface area contributed by atoms with Crippen LogP contribution in [-0.4, -0.2) is 49.6 Å². The van der Waals surface area contributed by atoms with Gasteiger partial charge in [0.25, 0.3) is 0 Å². The molecule has 0 aromatic carbocycles. The first-order valence-corrected chi connectivity index (χ1v) is 5.27. The van der Waals surface area contributed by atoms with Crippen molar-refractivity contribution in [2.24, 2.45) is 0 Å². The number of hydrogen-bond acceptors (Lipinski definition) is 4. The van der Waals surface area contributed by atoms with E-state index in [1.54, 1.807) is 31.9 Å². The van der Waals surface area contributed by atoms with Gasteiger partial charge in [0.2, 0.25) is 5.91 Å². The Bertz CT molecular complexity index is 254. The van der Waals surface area contributed by atoms with Gasteiger partial charge in [-0.25, -0.2) is 0 Å². The number of esters is 1. The molecule has 0 spiro atoms. The number of ether oxygens (including phenoxy) is 1. The zero-order valence-electron chi connectivity index (χ0n) is 10.2. The topological polar surface area (TPSA) is 58.6 Å². The lowest BCUT2D eigenvalue weighted by Gasteiger charge is -2.22. The summed E-state index contributed by atoms with van der Waals surface area (Å²) in [6.45, 7) is 7.87. The second-order valence-corrected chi connectivity index (χ2v) is 3.43. The van der Waals surface area contributed by atoms with Crippen LogP contribution in [-0.2, 0) is 14.3 Å². The van der Waals surface area contributed by atoms with Crippen molar-refractivity contribution in [2.45, 2.75) is 19.9 Å². The summed E-state index contributed by atoms with van der Waals surface area (Å²) in [7, 11) is 1.70. The molecule has 0 bridgehead atoms. The van der Waals surface area contributed by atoms with E-state index in [-0.39, 0.29) is 24.5 Å². The Labute approximate surface area is 96.4 Å². The van der Waals surface area contributed by atoms with Crippen molar-refractivity contribution in [3.63, 3.8) is 0 Å². The molecule has 0 fully saturated rings. The molecule has 1 atom stereocenters. The maximum atomic E-state index is 11.5. The van der Waals surface area contributed by atoms with Crippen LogP contribution in [0.1, 0.15) is 13.8 Å². The van der Waals surface area contributed by atoms with Crippen molar-refractivity contribution >= 4 is 11.9 Å². The Balaban J connectivity index is 4.05. The largest absolute Gasteiger partial charge is 0.465 e. The van der Waals surface area contributed by atoms with E-state index in [9.17, 15) is 9.59 Å². The summed E-state index contributed by atoms with van der Waals surface area (Å²) in [5.74, 6) is -0.458. The first-order chi connectivity index (χ1) is 7.52. The van der Waals surface area contributed by atoms with Crippen molar-refractivity contribution in [3.05, 3.63) is 12.7 Å². The molecule has 1 unspecified atom stereocenters. The van der Waals surface area contributed by atoms with E-state index in [1.165, 1.54) is 0 Å². The summed E-state index contributed by atoms with van der Waals surface area (Å²) in [6, 6.07) is -0.371. The molecule has 0 heterocycles.